The minimum atomic E-state index is -3.49. The van der Waals surface area contributed by atoms with Crippen molar-refractivity contribution < 1.29 is 8.42 Å². The summed E-state index contributed by atoms with van der Waals surface area (Å²) in [6, 6.07) is 14.7. The van der Waals surface area contributed by atoms with Crippen LogP contribution in [0.3, 0.4) is 0 Å². The Morgan fingerprint density at radius 1 is 0.957 bits per heavy atom. The minimum absolute atomic E-state index is 0.312. The Hall–Kier alpha value is -1.37. The fourth-order valence-electron chi connectivity index (χ4n) is 2.23. The molecule has 0 heterocycles. The van der Waals surface area contributed by atoms with E-state index in [1.54, 1.807) is 24.3 Å². The molecule has 0 aliphatic rings. The van der Waals surface area contributed by atoms with Gasteiger partial charge in [0.2, 0.25) is 10.0 Å². The lowest BCUT2D eigenvalue weighted by molar-refractivity contribution is 0.423. The monoisotopic (exact) mass is 396 g/mol. The first-order chi connectivity index (χ1) is 10.8. The second-order valence-corrected chi connectivity index (χ2v) is 8.30. The third-order valence-electron chi connectivity index (χ3n) is 3.62. The second-order valence-electron chi connectivity index (χ2n) is 5.45. The van der Waals surface area contributed by atoms with E-state index in [0.29, 0.717) is 18.0 Å². The van der Waals surface area contributed by atoms with Crippen molar-refractivity contribution in [1.82, 2.24) is 4.31 Å². The highest BCUT2D eigenvalue weighted by Gasteiger charge is 2.23. The molecule has 0 spiro atoms. The summed E-state index contributed by atoms with van der Waals surface area (Å²) in [6.45, 7) is 2.64. The van der Waals surface area contributed by atoms with Crippen molar-refractivity contribution in [2.75, 3.05) is 25.5 Å². The van der Waals surface area contributed by atoms with Crippen molar-refractivity contribution in [2.24, 2.45) is 0 Å². The van der Waals surface area contributed by atoms with Crippen LogP contribution in [-0.4, -0.2) is 33.4 Å². The number of benzene rings is 2. The molecule has 0 saturated heterocycles. The van der Waals surface area contributed by atoms with Gasteiger partial charge in [-0.25, -0.2) is 8.42 Å². The van der Waals surface area contributed by atoms with E-state index in [1.807, 2.05) is 50.2 Å². The molecule has 6 heteroatoms. The highest BCUT2D eigenvalue weighted by Crippen LogP contribution is 2.21. The van der Waals surface area contributed by atoms with Gasteiger partial charge in [0.05, 0.1) is 4.90 Å². The molecule has 0 saturated carbocycles. The molecule has 0 unspecified atom stereocenters. The first-order valence-electron chi connectivity index (χ1n) is 7.36. The van der Waals surface area contributed by atoms with Crippen molar-refractivity contribution >= 4 is 31.6 Å². The van der Waals surface area contributed by atoms with Crippen molar-refractivity contribution in [3.05, 3.63) is 58.6 Å². The predicted octanol–water partition coefficient (Wildman–Crippen LogP) is 3.73. The summed E-state index contributed by atoms with van der Waals surface area (Å²) in [5.41, 5.74) is 2.06. The van der Waals surface area contributed by atoms with E-state index < -0.39 is 10.0 Å². The zero-order chi connectivity index (χ0) is 17.0. The van der Waals surface area contributed by atoms with E-state index in [9.17, 15) is 8.42 Å². The summed E-state index contributed by atoms with van der Waals surface area (Å²) in [5, 5.41) is 0. The molecule has 2 rings (SSSR count). The molecule has 0 aliphatic heterocycles. The van der Waals surface area contributed by atoms with E-state index in [0.717, 1.165) is 15.7 Å². The van der Waals surface area contributed by atoms with Gasteiger partial charge in [0.15, 0.2) is 0 Å². The summed E-state index contributed by atoms with van der Waals surface area (Å²) in [7, 11) is 0.465. The molecule has 0 fully saturated rings. The maximum Gasteiger partial charge on any atom is 0.243 e. The van der Waals surface area contributed by atoms with Crippen LogP contribution >= 0.6 is 15.9 Å². The average molecular weight is 397 g/mol. The molecule has 0 atom stereocenters. The van der Waals surface area contributed by atoms with Gasteiger partial charge in [0, 0.05) is 37.3 Å². The van der Waals surface area contributed by atoms with Gasteiger partial charge in [-0.3, -0.25) is 0 Å². The molecule has 2 aromatic carbocycles. The summed E-state index contributed by atoms with van der Waals surface area (Å²) in [5.74, 6) is 0. The maximum absolute atomic E-state index is 12.8. The zero-order valence-corrected chi connectivity index (χ0v) is 15.9. The molecule has 0 N–H and O–H groups in total. The van der Waals surface area contributed by atoms with Crippen LogP contribution in [0.2, 0.25) is 0 Å². The number of halogens is 1. The predicted molar refractivity (Wildman–Crippen MR) is 98.2 cm³/mol. The van der Waals surface area contributed by atoms with Gasteiger partial charge in [-0.1, -0.05) is 35.0 Å². The molecule has 0 radical (unpaired) electrons. The minimum Gasteiger partial charge on any atom is -0.378 e. The number of sulfonamides is 1. The smallest absolute Gasteiger partial charge is 0.243 e. The van der Waals surface area contributed by atoms with Gasteiger partial charge >= 0.3 is 0 Å². The zero-order valence-electron chi connectivity index (χ0n) is 13.5. The molecule has 4 nitrogen and oxygen atoms in total. The van der Waals surface area contributed by atoms with Crippen molar-refractivity contribution in [3.63, 3.8) is 0 Å². The SMILES string of the molecule is CCN(Cc1ccc(N(C)C)cc1)S(=O)(=O)c1ccc(Br)cc1. The van der Waals surface area contributed by atoms with Gasteiger partial charge in [-0.05, 0) is 42.0 Å². The Bertz CT molecular complexity index is 741. The maximum atomic E-state index is 12.8. The van der Waals surface area contributed by atoms with Crippen LogP contribution in [0.15, 0.2) is 57.9 Å². The third-order valence-corrected chi connectivity index (χ3v) is 6.08. The number of rotatable bonds is 6. The lowest BCUT2D eigenvalue weighted by Crippen LogP contribution is -2.30. The van der Waals surface area contributed by atoms with Crippen LogP contribution in [0.1, 0.15) is 12.5 Å². The van der Waals surface area contributed by atoms with Crippen LogP contribution in [0.5, 0.6) is 0 Å². The van der Waals surface area contributed by atoms with Crippen molar-refractivity contribution in [1.29, 1.82) is 0 Å². The average Bonchev–Trinajstić information content (AvgIpc) is 2.53. The highest BCUT2D eigenvalue weighted by atomic mass is 79.9. The van der Waals surface area contributed by atoms with Crippen LogP contribution in [0, 0.1) is 0 Å². The van der Waals surface area contributed by atoms with E-state index >= 15 is 0 Å². The number of hydrogen-bond acceptors (Lipinski definition) is 3. The molecular formula is C17H21BrN2O2S. The standard InChI is InChI=1S/C17H21BrN2O2S/c1-4-20(13-14-5-9-16(10-6-14)19(2)3)23(21,22)17-11-7-15(18)8-12-17/h5-12H,4,13H2,1-3H3. The quantitative estimate of drug-likeness (QED) is 0.746. The molecule has 0 bridgehead atoms. The molecule has 0 amide bonds. The summed E-state index contributed by atoms with van der Waals surface area (Å²) >= 11 is 3.33. The van der Waals surface area contributed by atoms with Crippen molar-refractivity contribution in [3.8, 4) is 0 Å². The Balaban J connectivity index is 2.23. The molecule has 0 aliphatic carbocycles. The van der Waals surface area contributed by atoms with E-state index in [1.165, 1.54) is 4.31 Å². The normalized spacial score (nSPS) is 11.7. The van der Waals surface area contributed by atoms with Crippen LogP contribution < -0.4 is 4.90 Å². The second kappa shape index (κ2) is 7.47. The Morgan fingerprint density at radius 2 is 1.52 bits per heavy atom. The molecule has 0 aromatic heterocycles. The first kappa shape index (κ1) is 18.0. The number of hydrogen-bond donors (Lipinski definition) is 0. The van der Waals surface area contributed by atoms with Gasteiger partial charge in [0.1, 0.15) is 0 Å². The topological polar surface area (TPSA) is 40.6 Å². The van der Waals surface area contributed by atoms with Crippen LogP contribution in [0.25, 0.3) is 0 Å². The van der Waals surface area contributed by atoms with Crippen molar-refractivity contribution in [2.45, 2.75) is 18.4 Å². The summed E-state index contributed by atoms with van der Waals surface area (Å²) in [4.78, 5) is 2.33. The largest absolute Gasteiger partial charge is 0.378 e. The van der Waals surface area contributed by atoms with Gasteiger partial charge in [-0.2, -0.15) is 4.31 Å². The fraction of sp³-hybridized carbons (Fsp3) is 0.294. The van der Waals surface area contributed by atoms with Gasteiger partial charge in [-0.15, -0.1) is 0 Å². The highest BCUT2D eigenvalue weighted by molar-refractivity contribution is 9.10. The number of anilines is 1. The molecule has 124 valence electrons. The Kier molecular flexibility index (Phi) is 5.84. The van der Waals surface area contributed by atoms with Gasteiger partial charge < -0.3 is 4.90 Å². The Labute approximate surface area is 146 Å². The first-order valence-corrected chi connectivity index (χ1v) is 9.60. The fourth-order valence-corrected chi connectivity index (χ4v) is 3.93. The molecule has 2 aromatic rings. The van der Waals surface area contributed by atoms with Crippen LogP contribution in [0.4, 0.5) is 5.69 Å². The van der Waals surface area contributed by atoms with E-state index in [-0.39, 0.29) is 0 Å². The Morgan fingerprint density at radius 3 is 2.00 bits per heavy atom. The summed E-state index contributed by atoms with van der Waals surface area (Å²) in [6.07, 6.45) is 0. The lowest BCUT2D eigenvalue weighted by atomic mass is 10.2. The third kappa shape index (κ3) is 4.34. The molecule has 23 heavy (non-hydrogen) atoms. The molecular weight excluding hydrogens is 376 g/mol. The lowest BCUT2D eigenvalue weighted by Gasteiger charge is -2.21. The number of nitrogens with zero attached hydrogens (tertiary/aromatic N) is 2. The van der Waals surface area contributed by atoms with E-state index in [2.05, 4.69) is 15.9 Å². The summed E-state index contributed by atoms with van der Waals surface area (Å²) < 4.78 is 27.9. The van der Waals surface area contributed by atoms with Crippen LogP contribution in [-0.2, 0) is 16.6 Å². The van der Waals surface area contributed by atoms with Gasteiger partial charge in [0.25, 0.3) is 0 Å². The van der Waals surface area contributed by atoms with E-state index in [4.69, 9.17) is 0 Å².